The van der Waals surface area contributed by atoms with Gasteiger partial charge in [-0.25, -0.2) is 4.98 Å². The maximum atomic E-state index is 6.12. The first kappa shape index (κ1) is 22.7. The lowest BCUT2D eigenvalue weighted by atomic mass is 10.1. The number of nitrogens with one attached hydrogen (secondary N) is 1. The summed E-state index contributed by atoms with van der Waals surface area (Å²) in [5.74, 6) is 0.836. The molecule has 0 saturated heterocycles. The number of ether oxygens (including phenoxy) is 1. The fourth-order valence-corrected chi connectivity index (χ4v) is 5.05. The van der Waals surface area contributed by atoms with E-state index in [4.69, 9.17) is 32.9 Å². The van der Waals surface area contributed by atoms with Crippen molar-refractivity contribution in [1.82, 2.24) is 4.98 Å². The average Bonchev–Trinajstić information content (AvgIpc) is 3.27. The Balaban J connectivity index is 1.24. The predicted octanol–water partition coefficient (Wildman–Crippen LogP) is 8.77. The molecule has 1 aromatic heterocycles. The number of rotatable bonds is 7. The van der Waals surface area contributed by atoms with Gasteiger partial charge in [0.15, 0.2) is 0 Å². The SMILES string of the molecule is Cc1ccc2nc(-c3ccc(NCc4ccccc4OCc4ccc(Cl)c(Cl)c4)cc3)sc2c1. The number of para-hydroxylation sites is 1. The van der Waals surface area contributed by atoms with Gasteiger partial charge in [-0.05, 0) is 72.6 Å². The van der Waals surface area contributed by atoms with Gasteiger partial charge < -0.3 is 10.1 Å². The third kappa shape index (κ3) is 5.20. The van der Waals surface area contributed by atoms with Crippen molar-refractivity contribution >= 4 is 50.4 Å². The minimum Gasteiger partial charge on any atom is -0.489 e. The van der Waals surface area contributed by atoms with Gasteiger partial charge in [-0.3, -0.25) is 0 Å². The largest absolute Gasteiger partial charge is 0.489 e. The number of hydrogen-bond acceptors (Lipinski definition) is 4. The summed E-state index contributed by atoms with van der Waals surface area (Å²) in [7, 11) is 0. The smallest absolute Gasteiger partial charge is 0.124 e. The van der Waals surface area contributed by atoms with Crippen molar-refractivity contribution in [1.29, 1.82) is 0 Å². The predicted molar refractivity (Wildman–Crippen MR) is 144 cm³/mol. The van der Waals surface area contributed by atoms with Gasteiger partial charge in [0.25, 0.3) is 0 Å². The van der Waals surface area contributed by atoms with Crippen LogP contribution in [0, 0.1) is 6.92 Å². The highest BCUT2D eigenvalue weighted by Gasteiger charge is 2.08. The second-order valence-corrected chi connectivity index (χ2v) is 9.91. The number of anilines is 1. The standard InChI is InChI=1S/C28H22Cl2N2OS/c1-18-6-13-25-27(14-18)34-28(32-25)20-8-10-22(11-9-20)31-16-21-4-2-3-5-26(21)33-17-19-7-12-23(29)24(30)15-19/h2-15,31H,16-17H2,1H3. The van der Waals surface area contributed by atoms with Crippen LogP contribution in [0.1, 0.15) is 16.7 Å². The quantitative estimate of drug-likeness (QED) is 0.240. The van der Waals surface area contributed by atoms with Crippen LogP contribution in [0.3, 0.4) is 0 Å². The Morgan fingerprint density at radius 2 is 1.71 bits per heavy atom. The fraction of sp³-hybridized carbons (Fsp3) is 0.107. The zero-order valence-electron chi connectivity index (χ0n) is 18.5. The van der Waals surface area contributed by atoms with Crippen molar-refractivity contribution < 1.29 is 4.74 Å². The maximum Gasteiger partial charge on any atom is 0.124 e. The molecule has 0 atom stereocenters. The van der Waals surface area contributed by atoms with Crippen molar-refractivity contribution in [3.63, 3.8) is 0 Å². The van der Waals surface area contributed by atoms with E-state index in [0.29, 0.717) is 23.2 Å². The Morgan fingerprint density at radius 1 is 0.882 bits per heavy atom. The summed E-state index contributed by atoms with van der Waals surface area (Å²) in [4.78, 5) is 4.78. The van der Waals surface area contributed by atoms with Gasteiger partial charge >= 0.3 is 0 Å². The molecule has 4 aromatic carbocycles. The summed E-state index contributed by atoms with van der Waals surface area (Å²) in [6.07, 6.45) is 0. The Bertz CT molecular complexity index is 1450. The minimum absolute atomic E-state index is 0.421. The molecule has 1 heterocycles. The number of aromatic nitrogens is 1. The normalized spacial score (nSPS) is 11.0. The summed E-state index contributed by atoms with van der Waals surface area (Å²) >= 11 is 13.9. The monoisotopic (exact) mass is 504 g/mol. The summed E-state index contributed by atoms with van der Waals surface area (Å²) in [6.45, 7) is 3.18. The van der Waals surface area contributed by atoms with Crippen molar-refractivity contribution in [2.75, 3.05) is 5.32 Å². The molecule has 34 heavy (non-hydrogen) atoms. The molecule has 0 aliphatic carbocycles. The fourth-order valence-electron chi connectivity index (χ4n) is 3.66. The molecule has 6 heteroatoms. The third-order valence-electron chi connectivity index (χ3n) is 5.51. The van der Waals surface area contributed by atoms with E-state index in [0.717, 1.165) is 38.7 Å². The molecule has 0 unspecified atom stereocenters. The zero-order valence-corrected chi connectivity index (χ0v) is 20.8. The summed E-state index contributed by atoms with van der Waals surface area (Å²) in [6, 6.07) is 28.3. The molecule has 3 nitrogen and oxygen atoms in total. The number of hydrogen-bond donors (Lipinski definition) is 1. The number of aryl methyl sites for hydroxylation is 1. The van der Waals surface area contributed by atoms with E-state index in [9.17, 15) is 0 Å². The van der Waals surface area contributed by atoms with Crippen LogP contribution < -0.4 is 10.1 Å². The van der Waals surface area contributed by atoms with Crippen LogP contribution in [-0.4, -0.2) is 4.98 Å². The molecule has 0 aliphatic rings. The van der Waals surface area contributed by atoms with Crippen LogP contribution in [0.5, 0.6) is 5.75 Å². The van der Waals surface area contributed by atoms with Gasteiger partial charge in [-0.1, -0.05) is 53.5 Å². The molecule has 1 N–H and O–H groups in total. The maximum absolute atomic E-state index is 6.12. The lowest BCUT2D eigenvalue weighted by molar-refractivity contribution is 0.303. The lowest BCUT2D eigenvalue weighted by Crippen LogP contribution is -2.03. The molecule has 0 bridgehead atoms. The van der Waals surface area contributed by atoms with Gasteiger partial charge in [0.1, 0.15) is 17.4 Å². The topological polar surface area (TPSA) is 34.2 Å². The molecule has 0 aliphatic heterocycles. The van der Waals surface area contributed by atoms with Crippen molar-refractivity contribution in [2.24, 2.45) is 0 Å². The van der Waals surface area contributed by atoms with Crippen molar-refractivity contribution in [2.45, 2.75) is 20.1 Å². The average molecular weight is 505 g/mol. The van der Waals surface area contributed by atoms with Gasteiger partial charge in [-0.15, -0.1) is 11.3 Å². The molecular weight excluding hydrogens is 483 g/mol. The number of thiazole rings is 1. The van der Waals surface area contributed by atoms with Crippen molar-refractivity contribution in [3.8, 4) is 16.3 Å². The Labute approximate surface area is 213 Å². The van der Waals surface area contributed by atoms with Crippen LogP contribution in [-0.2, 0) is 13.2 Å². The van der Waals surface area contributed by atoms with E-state index >= 15 is 0 Å². The van der Waals surface area contributed by atoms with Gasteiger partial charge in [-0.2, -0.15) is 0 Å². The Morgan fingerprint density at radius 3 is 2.53 bits per heavy atom. The van der Waals surface area contributed by atoms with Gasteiger partial charge in [0.05, 0.1) is 20.3 Å². The molecule has 5 rings (SSSR count). The molecule has 0 fully saturated rings. The molecule has 5 aromatic rings. The molecule has 0 amide bonds. The summed E-state index contributed by atoms with van der Waals surface area (Å²) < 4.78 is 7.29. The Kier molecular flexibility index (Phi) is 6.73. The molecule has 170 valence electrons. The van der Waals surface area contributed by atoms with Crippen molar-refractivity contribution in [3.05, 3.63) is 112 Å². The van der Waals surface area contributed by atoms with Crippen LogP contribution in [0.2, 0.25) is 10.0 Å². The van der Waals surface area contributed by atoms with Crippen LogP contribution in [0.25, 0.3) is 20.8 Å². The van der Waals surface area contributed by atoms with E-state index in [1.54, 1.807) is 17.4 Å². The van der Waals surface area contributed by atoms with E-state index in [-0.39, 0.29) is 0 Å². The van der Waals surface area contributed by atoms with E-state index in [1.807, 2.05) is 30.3 Å². The zero-order chi connectivity index (χ0) is 23.5. The molecule has 0 saturated carbocycles. The summed E-state index contributed by atoms with van der Waals surface area (Å²) in [5, 5.41) is 5.60. The first-order valence-electron chi connectivity index (χ1n) is 10.9. The molecule has 0 spiro atoms. The number of fused-ring (bicyclic) bond motifs is 1. The highest BCUT2D eigenvalue weighted by Crippen LogP contribution is 2.31. The second-order valence-electron chi connectivity index (χ2n) is 8.07. The lowest BCUT2D eigenvalue weighted by Gasteiger charge is -2.13. The van der Waals surface area contributed by atoms with Gasteiger partial charge in [0.2, 0.25) is 0 Å². The third-order valence-corrected chi connectivity index (χ3v) is 7.32. The first-order valence-corrected chi connectivity index (χ1v) is 12.5. The summed E-state index contributed by atoms with van der Waals surface area (Å²) in [5.41, 5.74) is 6.51. The van der Waals surface area contributed by atoms with E-state index in [1.165, 1.54) is 10.3 Å². The van der Waals surface area contributed by atoms with Crippen LogP contribution in [0.15, 0.2) is 84.9 Å². The van der Waals surface area contributed by atoms with Gasteiger partial charge in [0, 0.05) is 23.4 Å². The number of benzene rings is 4. The van der Waals surface area contributed by atoms with Crippen LogP contribution >= 0.6 is 34.5 Å². The van der Waals surface area contributed by atoms with E-state index in [2.05, 4.69) is 60.8 Å². The Hall–Kier alpha value is -3.05. The number of nitrogens with zero attached hydrogens (tertiary/aromatic N) is 1. The molecular formula is C28H22Cl2N2OS. The van der Waals surface area contributed by atoms with E-state index < -0.39 is 0 Å². The number of halogens is 2. The second kappa shape index (κ2) is 10.1. The highest BCUT2D eigenvalue weighted by molar-refractivity contribution is 7.21. The minimum atomic E-state index is 0.421. The molecule has 0 radical (unpaired) electrons. The first-order chi connectivity index (χ1) is 16.5. The van der Waals surface area contributed by atoms with Crippen LogP contribution in [0.4, 0.5) is 5.69 Å². The highest BCUT2D eigenvalue weighted by atomic mass is 35.5.